The van der Waals surface area contributed by atoms with Crippen LogP contribution in [0.4, 0.5) is 0 Å². The first kappa shape index (κ1) is 12.1. The summed E-state index contributed by atoms with van der Waals surface area (Å²) in [6.07, 6.45) is 4.83. The minimum atomic E-state index is -0.310. The highest BCUT2D eigenvalue weighted by Crippen LogP contribution is 2.27. The number of carbonyl (C=O) groups excluding carboxylic acids is 1. The average Bonchev–Trinajstić information content (AvgIpc) is 2.91. The van der Waals surface area contributed by atoms with Gasteiger partial charge in [-0.15, -0.1) is 0 Å². The van der Waals surface area contributed by atoms with E-state index in [1.165, 1.54) is 0 Å². The summed E-state index contributed by atoms with van der Waals surface area (Å²) in [5.74, 6) is 4.88. The first-order chi connectivity index (χ1) is 9.31. The highest BCUT2D eigenvalue weighted by Gasteiger charge is 2.20. The number of carbonyl (C=O) groups is 1. The summed E-state index contributed by atoms with van der Waals surface area (Å²) in [5.41, 5.74) is 3.58. The number of amides is 1. The molecule has 6 heteroatoms. The lowest BCUT2D eigenvalue weighted by atomic mass is 10.1. The molecular formula is C13H16N4O2. The third kappa shape index (κ3) is 2.09. The zero-order chi connectivity index (χ0) is 13.2. The minimum Gasteiger partial charge on any atom is -0.356 e. The Labute approximate surface area is 110 Å². The van der Waals surface area contributed by atoms with E-state index in [4.69, 9.17) is 10.6 Å². The Morgan fingerprint density at radius 2 is 2.37 bits per heavy atom. The van der Waals surface area contributed by atoms with Crippen LogP contribution in [-0.2, 0) is 4.74 Å². The fourth-order valence-corrected chi connectivity index (χ4v) is 2.49. The minimum absolute atomic E-state index is 0.0394. The molecule has 3 rings (SSSR count). The molecule has 1 saturated heterocycles. The Morgan fingerprint density at radius 1 is 1.47 bits per heavy atom. The molecule has 1 aromatic heterocycles. The van der Waals surface area contributed by atoms with Crippen LogP contribution in [0.2, 0.25) is 0 Å². The summed E-state index contributed by atoms with van der Waals surface area (Å²) < 4.78 is 7.58. The third-order valence-electron chi connectivity index (χ3n) is 3.45. The summed E-state index contributed by atoms with van der Waals surface area (Å²) in [7, 11) is 0. The van der Waals surface area contributed by atoms with Gasteiger partial charge >= 0.3 is 0 Å². The molecule has 1 aliphatic heterocycles. The number of nitrogens with one attached hydrogen (secondary N) is 1. The van der Waals surface area contributed by atoms with Gasteiger partial charge in [-0.2, -0.15) is 5.10 Å². The molecule has 1 amide bonds. The summed E-state index contributed by atoms with van der Waals surface area (Å²) in [6, 6.07) is 5.50. The molecule has 1 fully saturated rings. The van der Waals surface area contributed by atoms with Crippen LogP contribution < -0.4 is 11.3 Å². The van der Waals surface area contributed by atoms with Gasteiger partial charge in [-0.3, -0.25) is 10.2 Å². The van der Waals surface area contributed by atoms with Crippen LogP contribution in [-0.4, -0.2) is 22.3 Å². The van der Waals surface area contributed by atoms with Crippen LogP contribution in [0.15, 0.2) is 24.4 Å². The van der Waals surface area contributed by atoms with Crippen molar-refractivity contribution in [2.24, 2.45) is 5.84 Å². The zero-order valence-electron chi connectivity index (χ0n) is 10.5. The maximum atomic E-state index is 11.7. The fraction of sp³-hybridized carbons (Fsp3) is 0.385. The first-order valence-corrected chi connectivity index (χ1v) is 6.40. The number of aromatic nitrogens is 2. The Balaban J connectivity index is 2.05. The quantitative estimate of drug-likeness (QED) is 0.485. The maximum Gasteiger partial charge on any atom is 0.265 e. The van der Waals surface area contributed by atoms with Crippen molar-refractivity contribution in [1.82, 2.24) is 15.2 Å². The van der Waals surface area contributed by atoms with Crippen LogP contribution >= 0.6 is 0 Å². The van der Waals surface area contributed by atoms with Gasteiger partial charge in [0.15, 0.2) is 6.23 Å². The molecule has 6 nitrogen and oxygen atoms in total. The normalized spacial score (nSPS) is 19.5. The number of nitrogens with zero attached hydrogens (tertiary/aromatic N) is 2. The first-order valence-electron chi connectivity index (χ1n) is 6.40. The van der Waals surface area contributed by atoms with E-state index in [-0.39, 0.29) is 12.1 Å². The Bertz CT molecular complexity index is 602. The number of hydrogen-bond acceptors (Lipinski definition) is 4. The van der Waals surface area contributed by atoms with Crippen molar-refractivity contribution < 1.29 is 9.53 Å². The Hall–Kier alpha value is -1.92. The monoisotopic (exact) mass is 260 g/mol. The lowest BCUT2D eigenvalue weighted by Gasteiger charge is -2.23. The van der Waals surface area contributed by atoms with Gasteiger partial charge in [0.2, 0.25) is 0 Å². The number of nitrogen functional groups attached to an aromatic ring is 1. The molecule has 0 bridgehead atoms. The van der Waals surface area contributed by atoms with Gasteiger partial charge in [0.25, 0.3) is 5.91 Å². The van der Waals surface area contributed by atoms with Gasteiger partial charge in [-0.05, 0) is 31.4 Å². The molecule has 2 heterocycles. The number of fused-ring (bicyclic) bond motifs is 1. The highest BCUT2D eigenvalue weighted by atomic mass is 16.5. The average molecular weight is 260 g/mol. The highest BCUT2D eigenvalue weighted by molar-refractivity contribution is 6.05. The molecule has 3 N–H and O–H groups in total. The summed E-state index contributed by atoms with van der Waals surface area (Å²) in [6.45, 7) is 0.759. The second-order valence-corrected chi connectivity index (χ2v) is 4.62. The molecule has 19 heavy (non-hydrogen) atoms. The van der Waals surface area contributed by atoms with Gasteiger partial charge in [0.1, 0.15) is 0 Å². The van der Waals surface area contributed by atoms with Gasteiger partial charge in [0, 0.05) is 12.0 Å². The van der Waals surface area contributed by atoms with Crippen LogP contribution in [0, 0.1) is 0 Å². The molecule has 0 aliphatic carbocycles. The van der Waals surface area contributed by atoms with Crippen molar-refractivity contribution in [1.29, 1.82) is 0 Å². The van der Waals surface area contributed by atoms with Gasteiger partial charge < -0.3 is 4.74 Å². The van der Waals surface area contributed by atoms with Crippen LogP contribution in [0.5, 0.6) is 0 Å². The van der Waals surface area contributed by atoms with Crippen LogP contribution in [0.3, 0.4) is 0 Å². The maximum absolute atomic E-state index is 11.7. The Morgan fingerprint density at radius 3 is 3.11 bits per heavy atom. The van der Waals surface area contributed by atoms with Crippen molar-refractivity contribution in [3.05, 3.63) is 30.0 Å². The molecule has 1 atom stereocenters. The van der Waals surface area contributed by atoms with E-state index < -0.39 is 0 Å². The van der Waals surface area contributed by atoms with E-state index in [9.17, 15) is 4.79 Å². The lowest BCUT2D eigenvalue weighted by Crippen LogP contribution is -2.30. The molecular weight excluding hydrogens is 244 g/mol. The number of hydrogen-bond donors (Lipinski definition) is 2. The van der Waals surface area contributed by atoms with E-state index in [0.717, 1.165) is 36.8 Å². The second kappa shape index (κ2) is 4.99. The van der Waals surface area contributed by atoms with E-state index in [1.54, 1.807) is 12.3 Å². The SMILES string of the molecule is NNC(=O)c1cccc2c1cnn2C1CCCCO1. The summed E-state index contributed by atoms with van der Waals surface area (Å²) in [4.78, 5) is 11.7. The van der Waals surface area contributed by atoms with Gasteiger partial charge in [-0.25, -0.2) is 10.5 Å². The molecule has 2 aromatic rings. The molecule has 100 valence electrons. The standard InChI is InChI=1S/C13H16N4O2/c14-16-13(18)9-4-3-5-11-10(9)8-15-17(11)12-6-1-2-7-19-12/h3-5,8,12H,1-2,6-7,14H2,(H,16,18). The van der Waals surface area contributed by atoms with Crippen molar-refractivity contribution >= 4 is 16.8 Å². The molecule has 1 aliphatic rings. The zero-order valence-corrected chi connectivity index (χ0v) is 10.5. The summed E-state index contributed by atoms with van der Waals surface area (Å²) in [5, 5.41) is 5.16. The molecule has 1 unspecified atom stereocenters. The van der Waals surface area contributed by atoms with Gasteiger partial charge in [0.05, 0.1) is 17.3 Å². The summed E-state index contributed by atoms with van der Waals surface area (Å²) >= 11 is 0. The molecule has 0 saturated carbocycles. The lowest BCUT2D eigenvalue weighted by molar-refractivity contribution is -0.0366. The number of nitrogens with two attached hydrogens (primary N) is 1. The number of ether oxygens (including phenoxy) is 1. The number of rotatable bonds is 2. The number of benzene rings is 1. The van der Waals surface area contributed by atoms with Crippen molar-refractivity contribution in [3.63, 3.8) is 0 Å². The van der Waals surface area contributed by atoms with E-state index in [2.05, 4.69) is 10.5 Å². The largest absolute Gasteiger partial charge is 0.356 e. The number of hydrazine groups is 1. The fourth-order valence-electron chi connectivity index (χ4n) is 2.49. The van der Waals surface area contributed by atoms with E-state index in [0.29, 0.717) is 5.56 Å². The predicted molar refractivity (Wildman–Crippen MR) is 70.2 cm³/mol. The van der Waals surface area contributed by atoms with Crippen LogP contribution in [0.25, 0.3) is 10.9 Å². The second-order valence-electron chi connectivity index (χ2n) is 4.62. The van der Waals surface area contributed by atoms with Crippen molar-refractivity contribution in [2.45, 2.75) is 25.5 Å². The van der Waals surface area contributed by atoms with Crippen LogP contribution in [0.1, 0.15) is 35.8 Å². The van der Waals surface area contributed by atoms with Crippen molar-refractivity contribution in [2.75, 3.05) is 6.61 Å². The third-order valence-corrected chi connectivity index (χ3v) is 3.45. The molecule has 1 aromatic carbocycles. The van der Waals surface area contributed by atoms with E-state index >= 15 is 0 Å². The van der Waals surface area contributed by atoms with E-state index in [1.807, 2.05) is 16.8 Å². The molecule has 0 radical (unpaired) electrons. The predicted octanol–water partition coefficient (Wildman–Crippen LogP) is 1.34. The topological polar surface area (TPSA) is 82.2 Å². The smallest absolute Gasteiger partial charge is 0.265 e. The molecule has 0 spiro atoms. The van der Waals surface area contributed by atoms with Crippen molar-refractivity contribution in [3.8, 4) is 0 Å². The van der Waals surface area contributed by atoms with Gasteiger partial charge in [-0.1, -0.05) is 6.07 Å². The Kier molecular flexibility index (Phi) is 3.18.